The molecule has 19 heavy (non-hydrogen) atoms. The van der Waals surface area contributed by atoms with Gasteiger partial charge in [0.05, 0.1) is 7.11 Å². The lowest BCUT2D eigenvalue weighted by Crippen LogP contribution is -2.41. The molecule has 1 atom stereocenters. The number of methoxy groups -OCH3 is 1. The van der Waals surface area contributed by atoms with Crippen LogP contribution < -0.4 is 0 Å². The number of likely N-dealkylation sites (N-methyl/N-ethyl adjacent to an activating group) is 1. The number of amides is 1. The van der Waals surface area contributed by atoms with Gasteiger partial charge < -0.3 is 14.6 Å². The molecular formula is C14H22N2O3. The van der Waals surface area contributed by atoms with Crippen molar-refractivity contribution in [2.24, 2.45) is 11.8 Å². The largest absolute Gasteiger partial charge is 0.468 e. The number of aromatic amines is 1. The molecule has 0 spiro atoms. The lowest BCUT2D eigenvalue weighted by atomic mass is 9.94. The summed E-state index contributed by atoms with van der Waals surface area (Å²) in [5, 5.41) is 0. The van der Waals surface area contributed by atoms with E-state index in [0.717, 1.165) is 12.1 Å². The van der Waals surface area contributed by atoms with Gasteiger partial charge in [0.25, 0.3) is 0 Å². The summed E-state index contributed by atoms with van der Waals surface area (Å²) in [6.07, 6.45) is 2.59. The quantitative estimate of drug-likeness (QED) is 0.626. The van der Waals surface area contributed by atoms with Gasteiger partial charge in [-0.15, -0.1) is 0 Å². The van der Waals surface area contributed by atoms with Gasteiger partial charge in [0.2, 0.25) is 5.91 Å². The van der Waals surface area contributed by atoms with Crippen LogP contribution in [0.2, 0.25) is 0 Å². The van der Waals surface area contributed by atoms with Crippen LogP contribution in [-0.2, 0) is 20.7 Å². The van der Waals surface area contributed by atoms with Crippen molar-refractivity contribution in [2.45, 2.75) is 20.3 Å². The summed E-state index contributed by atoms with van der Waals surface area (Å²) in [6, 6.07) is 3.89. The third-order valence-electron chi connectivity index (χ3n) is 3.14. The first-order valence-corrected chi connectivity index (χ1v) is 6.42. The molecule has 1 aromatic rings. The third kappa shape index (κ3) is 4.12. The molecule has 5 nitrogen and oxygen atoms in total. The number of H-pyrrole nitrogens is 1. The summed E-state index contributed by atoms with van der Waals surface area (Å²) in [7, 11) is 3.02. The summed E-state index contributed by atoms with van der Waals surface area (Å²) < 4.78 is 4.70. The van der Waals surface area contributed by atoms with E-state index >= 15 is 0 Å². The molecule has 5 heteroatoms. The van der Waals surface area contributed by atoms with Crippen molar-refractivity contribution in [1.29, 1.82) is 0 Å². The van der Waals surface area contributed by atoms with E-state index < -0.39 is 11.9 Å². The maximum absolute atomic E-state index is 12.3. The molecule has 1 rings (SSSR count). The van der Waals surface area contributed by atoms with E-state index in [1.807, 2.05) is 32.2 Å². The minimum atomic E-state index is -0.723. The normalized spacial score (nSPS) is 12.3. The van der Waals surface area contributed by atoms with Crippen LogP contribution in [0.15, 0.2) is 18.3 Å². The van der Waals surface area contributed by atoms with E-state index in [4.69, 9.17) is 4.74 Å². The van der Waals surface area contributed by atoms with Gasteiger partial charge in [0.15, 0.2) is 0 Å². The van der Waals surface area contributed by atoms with Gasteiger partial charge in [-0.25, -0.2) is 0 Å². The molecule has 1 heterocycles. The molecule has 1 unspecified atom stereocenters. The Balaban J connectivity index is 2.60. The van der Waals surface area contributed by atoms with Gasteiger partial charge in [-0.1, -0.05) is 13.8 Å². The zero-order valence-electron chi connectivity index (χ0n) is 12.0. The standard InChI is InChI=1S/C14H22N2O3/c1-10(2)12(14(18)19-4)13(17)16(3)9-7-11-6-5-8-15-11/h5-6,8,10,12,15H,7,9H2,1-4H3. The molecule has 1 aromatic heterocycles. The van der Waals surface area contributed by atoms with Crippen LogP contribution in [0.25, 0.3) is 0 Å². The number of hydrogen-bond donors (Lipinski definition) is 1. The van der Waals surface area contributed by atoms with E-state index in [1.54, 1.807) is 11.9 Å². The van der Waals surface area contributed by atoms with Crippen LogP contribution in [-0.4, -0.2) is 42.5 Å². The Hall–Kier alpha value is -1.78. The second-order valence-corrected chi connectivity index (χ2v) is 4.95. The molecule has 0 fully saturated rings. The van der Waals surface area contributed by atoms with Crippen molar-refractivity contribution in [3.8, 4) is 0 Å². The second-order valence-electron chi connectivity index (χ2n) is 4.95. The summed E-state index contributed by atoms with van der Waals surface area (Å²) >= 11 is 0. The van der Waals surface area contributed by atoms with Crippen LogP contribution in [0.5, 0.6) is 0 Å². The van der Waals surface area contributed by atoms with E-state index in [-0.39, 0.29) is 11.8 Å². The van der Waals surface area contributed by atoms with E-state index in [9.17, 15) is 9.59 Å². The molecule has 0 aliphatic rings. The van der Waals surface area contributed by atoms with E-state index in [1.165, 1.54) is 7.11 Å². The lowest BCUT2D eigenvalue weighted by molar-refractivity contribution is -0.155. The molecule has 0 bridgehead atoms. The zero-order valence-corrected chi connectivity index (χ0v) is 12.0. The number of nitrogens with one attached hydrogen (secondary N) is 1. The fourth-order valence-corrected chi connectivity index (χ4v) is 1.94. The molecule has 0 saturated carbocycles. The van der Waals surface area contributed by atoms with Crippen molar-refractivity contribution in [1.82, 2.24) is 9.88 Å². The van der Waals surface area contributed by atoms with Gasteiger partial charge in [-0.05, 0) is 18.1 Å². The van der Waals surface area contributed by atoms with Crippen molar-refractivity contribution in [3.05, 3.63) is 24.0 Å². The maximum atomic E-state index is 12.3. The minimum Gasteiger partial charge on any atom is -0.468 e. The topological polar surface area (TPSA) is 62.4 Å². The smallest absolute Gasteiger partial charge is 0.318 e. The number of carbonyl (C=O) groups is 2. The fourth-order valence-electron chi connectivity index (χ4n) is 1.94. The Morgan fingerprint density at radius 2 is 2.11 bits per heavy atom. The Bertz CT molecular complexity index is 412. The van der Waals surface area contributed by atoms with Crippen molar-refractivity contribution in [2.75, 3.05) is 20.7 Å². The minimum absolute atomic E-state index is 0.0760. The van der Waals surface area contributed by atoms with E-state index in [2.05, 4.69) is 4.98 Å². The summed E-state index contributed by atoms with van der Waals surface area (Å²) in [5.41, 5.74) is 1.07. The second kappa shape index (κ2) is 6.97. The van der Waals surface area contributed by atoms with E-state index in [0.29, 0.717) is 6.54 Å². The Morgan fingerprint density at radius 3 is 2.58 bits per heavy atom. The highest BCUT2D eigenvalue weighted by Crippen LogP contribution is 2.15. The van der Waals surface area contributed by atoms with Crippen molar-refractivity contribution >= 4 is 11.9 Å². The molecule has 0 aliphatic heterocycles. The van der Waals surface area contributed by atoms with Gasteiger partial charge in [-0.3, -0.25) is 9.59 Å². The molecule has 0 aromatic carbocycles. The number of nitrogens with zero attached hydrogens (tertiary/aromatic N) is 1. The molecule has 0 aliphatic carbocycles. The predicted octanol–water partition coefficient (Wildman–Crippen LogP) is 1.46. The third-order valence-corrected chi connectivity index (χ3v) is 3.14. The van der Waals surface area contributed by atoms with Crippen LogP contribution in [0, 0.1) is 11.8 Å². The first-order valence-electron chi connectivity index (χ1n) is 6.42. The van der Waals surface area contributed by atoms with Crippen LogP contribution in [0.3, 0.4) is 0 Å². The number of aromatic nitrogens is 1. The fraction of sp³-hybridized carbons (Fsp3) is 0.571. The van der Waals surface area contributed by atoms with Crippen LogP contribution in [0.1, 0.15) is 19.5 Å². The summed E-state index contributed by atoms with van der Waals surface area (Å²) in [6.45, 7) is 4.26. The monoisotopic (exact) mass is 266 g/mol. The number of ether oxygens (including phenoxy) is 1. The summed E-state index contributed by atoms with van der Waals surface area (Å²) in [5.74, 6) is -1.45. The number of esters is 1. The molecular weight excluding hydrogens is 244 g/mol. The van der Waals surface area contributed by atoms with Crippen molar-refractivity contribution in [3.63, 3.8) is 0 Å². The molecule has 1 amide bonds. The first kappa shape index (κ1) is 15.3. The SMILES string of the molecule is COC(=O)C(C(=O)N(C)CCc1ccc[nH]1)C(C)C. The average molecular weight is 266 g/mol. The lowest BCUT2D eigenvalue weighted by Gasteiger charge is -2.24. The molecule has 0 radical (unpaired) electrons. The molecule has 1 N–H and O–H groups in total. The highest BCUT2D eigenvalue weighted by Gasteiger charge is 2.32. The predicted molar refractivity (Wildman–Crippen MR) is 72.5 cm³/mol. The van der Waals surface area contributed by atoms with Gasteiger partial charge in [-0.2, -0.15) is 0 Å². The van der Waals surface area contributed by atoms with Gasteiger partial charge >= 0.3 is 5.97 Å². The number of rotatable bonds is 6. The Morgan fingerprint density at radius 1 is 1.42 bits per heavy atom. The maximum Gasteiger partial charge on any atom is 0.318 e. The van der Waals surface area contributed by atoms with Gasteiger partial charge in [0.1, 0.15) is 5.92 Å². The highest BCUT2D eigenvalue weighted by atomic mass is 16.5. The Kier molecular flexibility index (Phi) is 5.60. The van der Waals surface area contributed by atoms with Crippen LogP contribution >= 0.6 is 0 Å². The number of carbonyl (C=O) groups excluding carboxylic acids is 2. The number of hydrogen-bond acceptors (Lipinski definition) is 3. The molecule has 0 saturated heterocycles. The van der Waals surface area contributed by atoms with Gasteiger partial charge in [0, 0.05) is 31.9 Å². The highest BCUT2D eigenvalue weighted by molar-refractivity contribution is 5.97. The average Bonchev–Trinajstić information content (AvgIpc) is 2.88. The first-order chi connectivity index (χ1) is 8.97. The van der Waals surface area contributed by atoms with Crippen LogP contribution in [0.4, 0.5) is 0 Å². The zero-order chi connectivity index (χ0) is 14.4. The molecule has 106 valence electrons. The Labute approximate surface area is 113 Å². The summed E-state index contributed by atoms with van der Waals surface area (Å²) in [4.78, 5) is 28.6. The van der Waals surface area contributed by atoms with Crippen molar-refractivity contribution < 1.29 is 14.3 Å².